The van der Waals surface area contributed by atoms with Crippen LogP contribution in [-0.2, 0) is 24.9 Å². The average molecular weight is 406 g/mol. The molecule has 0 aliphatic carbocycles. The van der Waals surface area contributed by atoms with Gasteiger partial charge >= 0.3 is 0 Å². The van der Waals surface area contributed by atoms with Crippen molar-refractivity contribution < 1.29 is 13.6 Å². The topological polar surface area (TPSA) is 86.7 Å². The Balaban J connectivity index is 1.76. The van der Waals surface area contributed by atoms with Gasteiger partial charge in [-0.2, -0.15) is 10.2 Å². The Morgan fingerprint density at radius 1 is 1.31 bits per heavy atom. The molecule has 29 heavy (non-hydrogen) atoms. The van der Waals surface area contributed by atoms with Crippen molar-refractivity contribution in [3.63, 3.8) is 0 Å². The largest absolute Gasteiger partial charge is 0.349 e. The quantitative estimate of drug-likeness (QED) is 0.653. The van der Waals surface area contributed by atoms with Gasteiger partial charge in [-0.25, -0.2) is 8.78 Å². The molecule has 3 aromatic rings. The fourth-order valence-electron chi connectivity index (χ4n) is 3.48. The van der Waals surface area contributed by atoms with Crippen LogP contribution in [0.4, 0.5) is 8.78 Å². The van der Waals surface area contributed by atoms with E-state index in [2.05, 4.69) is 15.5 Å². The van der Waals surface area contributed by atoms with E-state index < -0.39 is 12.0 Å². The molecule has 1 N–H and O–H groups in total. The van der Waals surface area contributed by atoms with Crippen molar-refractivity contribution in [2.45, 2.75) is 52.7 Å². The number of carbonyl (C=O) groups is 1. The molecular formula is C19H24F2N6O2. The van der Waals surface area contributed by atoms with E-state index in [1.54, 1.807) is 13.2 Å². The monoisotopic (exact) mass is 406 g/mol. The molecule has 0 spiro atoms. The predicted molar refractivity (Wildman–Crippen MR) is 104 cm³/mol. The Morgan fingerprint density at radius 2 is 2.03 bits per heavy atom. The Kier molecular flexibility index (Phi) is 5.81. The number of alkyl halides is 2. The third kappa shape index (κ3) is 4.06. The van der Waals surface area contributed by atoms with Crippen LogP contribution >= 0.6 is 0 Å². The molecule has 3 rings (SSSR count). The molecule has 8 nitrogen and oxygen atoms in total. The molecule has 1 amide bonds. The Morgan fingerprint density at radius 3 is 2.66 bits per heavy atom. The highest BCUT2D eigenvalue weighted by Gasteiger charge is 2.20. The molecule has 0 bridgehead atoms. The van der Waals surface area contributed by atoms with Gasteiger partial charge in [0.2, 0.25) is 5.91 Å². The van der Waals surface area contributed by atoms with E-state index in [-0.39, 0.29) is 41.5 Å². The Bertz CT molecular complexity index is 1100. The molecule has 156 valence electrons. The molecule has 0 saturated heterocycles. The van der Waals surface area contributed by atoms with Crippen molar-refractivity contribution in [2.24, 2.45) is 7.05 Å². The number of hydrogen-bond donors (Lipinski definition) is 1. The van der Waals surface area contributed by atoms with Crippen LogP contribution in [-0.4, -0.2) is 30.0 Å². The van der Waals surface area contributed by atoms with Crippen molar-refractivity contribution in [3.8, 4) is 0 Å². The van der Waals surface area contributed by atoms with E-state index in [1.165, 1.54) is 15.4 Å². The number of aryl methyl sites for hydroxylation is 3. The zero-order valence-corrected chi connectivity index (χ0v) is 16.8. The summed E-state index contributed by atoms with van der Waals surface area (Å²) in [5, 5.41) is 11.5. The first-order chi connectivity index (χ1) is 13.7. The zero-order chi connectivity index (χ0) is 21.3. The van der Waals surface area contributed by atoms with E-state index in [9.17, 15) is 18.4 Å². The van der Waals surface area contributed by atoms with Crippen LogP contribution in [0.25, 0.3) is 11.0 Å². The maximum absolute atomic E-state index is 13.2. The van der Waals surface area contributed by atoms with E-state index in [0.717, 1.165) is 23.9 Å². The number of carbonyl (C=O) groups excluding carboxylic acids is 1. The van der Waals surface area contributed by atoms with E-state index in [4.69, 9.17) is 0 Å². The molecule has 10 heteroatoms. The minimum absolute atomic E-state index is 0.0188. The standard InChI is InChI=1S/C19H24F2N6O2/c1-5-27-12(3)14(9-22-27)11(2)23-16(28)6-7-26-17(29)8-13(18(20)21)15-10-25(4)24-19(15)26/h8-11,18H,5-7H2,1-4H3,(H,23,28)/t11-/m0/s1. The highest BCUT2D eigenvalue weighted by molar-refractivity contribution is 5.80. The molecule has 0 aliphatic heterocycles. The summed E-state index contributed by atoms with van der Waals surface area (Å²) in [6, 6.07) is 0.674. The molecule has 0 radical (unpaired) electrons. The number of hydrogen-bond acceptors (Lipinski definition) is 4. The number of halogens is 2. The van der Waals surface area contributed by atoms with Crippen LogP contribution in [0.2, 0.25) is 0 Å². The second kappa shape index (κ2) is 8.14. The fourth-order valence-corrected chi connectivity index (χ4v) is 3.48. The third-order valence-corrected chi connectivity index (χ3v) is 5.00. The Labute approximate surface area is 166 Å². The number of fused-ring (bicyclic) bond motifs is 1. The number of nitrogens with one attached hydrogen (secondary N) is 1. The second-order valence-electron chi connectivity index (χ2n) is 6.97. The van der Waals surface area contributed by atoms with E-state index in [0.29, 0.717) is 0 Å². The number of rotatable bonds is 7. The van der Waals surface area contributed by atoms with Crippen LogP contribution in [0.1, 0.15) is 49.6 Å². The van der Waals surface area contributed by atoms with Gasteiger partial charge in [0.25, 0.3) is 12.0 Å². The minimum atomic E-state index is -2.78. The first kappa shape index (κ1) is 20.7. The summed E-state index contributed by atoms with van der Waals surface area (Å²) in [4.78, 5) is 24.8. The van der Waals surface area contributed by atoms with E-state index >= 15 is 0 Å². The molecule has 3 heterocycles. The highest BCUT2D eigenvalue weighted by Crippen LogP contribution is 2.25. The number of nitrogens with zero attached hydrogens (tertiary/aromatic N) is 5. The van der Waals surface area contributed by atoms with Crippen LogP contribution < -0.4 is 10.9 Å². The molecular weight excluding hydrogens is 382 g/mol. The summed E-state index contributed by atoms with van der Waals surface area (Å²) in [5.74, 6) is -0.255. The molecule has 0 aromatic carbocycles. The molecule has 0 aliphatic rings. The molecule has 0 fully saturated rings. The summed E-state index contributed by atoms with van der Waals surface area (Å²) in [6.07, 6.45) is 0.420. The lowest BCUT2D eigenvalue weighted by Gasteiger charge is -2.15. The highest BCUT2D eigenvalue weighted by atomic mass is 19.3. The van der Waals surface area contributed by atoms with Crippen LogP contribution in [0.5, 0.6) is 0 Å². The van der Waals surface area contributed by atoms with Gasteiger partial charge in [-0.1, -0.05) is 0 Å². The lowest BCUT2D eigenvalue weighted by Crippen LogP contribution is -2.30. The smallest absolute Gasteiger partial charge is 0.264 e. The van der Waals surface area contributed by atoms with Gasteiger partial charge < -0.3 is 5.32 Å². The summed E-state index contributed by atoms with van der Waals surface area (Å²) >= 11 is 0. The first-order valence-corrected chi connectivity index (χ1v) is 9.39. The summed E-state index contributed by atoms with van der Waals surface area (Å²) in [7, 11) is 1.59. The lowest BCUT2D eigenvalue weighted by molar-refractivity contribution is -0.121. The second-order valence-corrected chi connectivity index (χ2v) is 6.97. The maximum atomic E-state index is 13.2. The molecule has 3 aromatic heterocycles. The zero-order valence-electron chi connectivity index (χ0n) is 16.8. The normalized spacial score (nSPS) is 12.7. The van der Waals surface area contributed by atoms with Gasteiger partial charge in [-0.15, -0.1) is 0 Å². The Hall–Kier alpha value is -3.04. The van der Waals surface area contributed by atoms with Gasteiger partial charge in [0.15, 0.2) is 5.65 Å². The van der Waals surface area contributed by atoms with Crippen LogP contribution in [0.15, 0.2) is 23.3 Å². The number of amides is 1. The number of pyridine rings is 1. The van der Waals surface area contributed by atoms with Crippen molar-refractivity contribution in [1.29, 1.82) is 0 Å². The van der Waals surface area contributed by atoms with Crippen molar-refractivity contribution in [1.82, 2.24) is 29.4 Å². The molecule has 0 unspecified atom stereocenters. The summed E-state index contributed by atoms with van der Waals surface area (Å²) in [5.41, 5.74) is 1.10. The van der Waals surface area contributed by atoms with Crippen LogP contribution in [0, 0.1) is 6.92 Å². The summed E-state index contributed by atoms with van der Waals surface area (Å²) < 4.78 is 31.0. The maximum Gasteiger partial charge on any atom is 0.264 e. The first-order valence-electron chi connectivity index (χ1n) is 9.39. The number of aromatic nitrogens is 5. The predicted octanol–water partition coefficient (Wildman–Crippen LogP) is 2.46. The van der Waals surface area contributed by atoms with Crippen molar-refractivity contribution >= 4 is 16.9 Å². The van der Waals surface area contributed by atoms with Crippen LogP contribution in [0.3, 0.4) is 0 Å². The van der Waals surface area contributed by atoms with E-state index in [1.807, 2.05) is 25.5 Å². The van der Waals surface area contributed by atoms with Crippen molar-refractivity contribution in [3.05, 3.63) is 45.6 Å². The molecule has 0 saturated carbocycles. The van der Waals surface area contributed by atoms with Gasteiger partial charge in [-0.3, -0.25) is 23.5 Å². The summed E-state index contributed by atoms with van der Waals surface area (Å²) in [6.45, 7) is 6.58. The van der Waals surface area contributed by atoms with Gasteiger partial charge in [0.05, 0.1) is 12.2 Å². The van der Waals surface area contributed by atoms with Gasteiger partial charge in [0.1, 0.15) is 0 Å². The average Bonchev–Trinajstić information content (AvgIpc) is 3.22. The lowest BCUT2D eigenvalue weighted by atomic mass is 10.1. The van der Waals surface area contributed by atoms with Gasteiger partial charge in [-0.05, 0) is 20.8 Å². The van der Waals surface area contributed by atoms with Crippen molar-refractivity contribution in [2.75, 3.05) is 0 Å². The fraction of sp³-hybridized carbons (Fsp3) is 0.474. The third-order valence-electron chi connectivity index (χ3n) is 5.00. The SMILES string of the molecule is CCn1ncc([C@H](C)NC(=O)CCn2c(=O)cc(C(F)F)c3cn(C)nc32)c1C. The van der Waals surface area contributed by atoms with Gasteiger partial charge in [0, 0.05) is 61.0 Å². The minimum Gasteiger partial charge on any atom is -0.349 e. The molecule has 1 atom stereocenters.